The van der Waals surface area contributed by atoms with E-state index in [1.54, 1.807) is 46.6 Å². The van der Waals surface area contributed by atoms with E-state index in [0.29, 0.717) is 56.2 Å². The van der Waals surface area contributed by atoms with Gasteiger partial charge in [-0.1, -0.05) is 0 Å². The Morgan fingerprint density at radius 1 is 1.00 bits per heavy atom. The van der Waals surface area contributed by atoms with Crippen molar-refractivity contribution >= 4 is 34.9 Å². The maximum absolute atomic E-state index is 13.4. The van der Waals surface area contributed by atoms with E-state index in [-0.39, 0.29) is 23.5 Å². The molecule has 12 nitrogen and oxygen atoms in total. The first-order chi connectivity index (χ1) is 22.6. The number of aryl methyl sites for hydroxylation is 1. The molecule has 4 aromatic rings. The monoisotopic (exact) mass is 648 g/mol. The summed E-state index contributed by atoms with van der Waals surface area (Å²) >= 11 is 0. The third kappa shape index (κ3) is 8.19. The van der Waals surface area contributed by atoms with Gasteiger partial charge in [-0.3, -0.25) is 18.8 Å². The zero-order valence-electron chi connectivity index (χ0n) is 26.3. The van der Waals surface area contributed by atoms with Crippen molar-refractivity contribution in [2.24, 2.45) is 5.73 Å². The SMILES string of the molecule is CC(=O)NCCCCC(N)C(=O)N1CCN(C(=O)c2ccc(Nc3nccn4c(-c5ccc(OC(F)F)cc5)cnc34)cc2C)CC1. The lowest BCUT2D eigenvalue weighted by atomic mass is 10.1. The van der Waals surface area contributed by atoms with Gasteiger partial charge in [-0.25, -0.2) is 9.97 Å². The number of nitrogens with one attached hydrogen (secondary N) is 2. The van der Waals surface area contributed by atoms with E-state index in [4.69, 9.17) is 5.73 Å². The van der Waals surface area contributed by atoms with Crippen LogP contribution in [0.2, 0.25) is 0 Å². The van der Waals surface area contributed by atoms with E-state index in [2.05, 4.69) is 25.3 Å². The Hall–Kier alpha value is -5.11. The molecule has 1 fully saturated rings. The Bertz CT molecular complexity index is 1720. The van der Waals surface area contributed by atoms with E-state index >= 15 is 0 Å². The number of unbranched alkanes of at least 4 members (excludes halogenated alkanes) is 1. The van der Waals surface area contributed by atoms with Gasteiger partial charge in [0.25, 0.3) is 5.91 Å². The molecule has 0 bridgehead atoms. The van der Waals surface area contributed by atoms with Crippen molar-refractivity contribution in [3.05, 3.63) is 72.2 Å². The van der Waals surface area contributed by atoms with Crippen LogP contribution in [0.15, 0.2) is 61.1 Å². The predicted molar refractivity (Wildman–Crippen MR) is 173 cm³/mol. The second-order valence-corrected chi connectivity index (χ2v) is 11.4. The minimum absolute atomic E-state index is 0.0693. The minimum Gasteiger partial charge on any atom is -0.435 e. The molecule has 1 aliphatic heterocycles. The van der Waals surface area contributed by atoms with Gasteiger partial charge in [0.1, 0.15) is 5.75 Å². The zero-order chi connectivity index (χ0) is 33.5. The lowest BCUT2D eigenvalue weighted by Crippen LogP contribution is -2.54. The number of aromatic nitrogens is 3. The highest BCUT2D eigenvalue weighted by Crippen LogP contribution is 2.28. The summed E-state index contributed by atoms with van der Waals surface area (Å²) in [6.45, 7) is 2.66. The topological polar surface area (TPSA) is 147 Å². The number of halogens is 2. The van der Waals surface area contributed by atoms with Crippen molar-refractivity contribution in [2.45, 2.75) is 45.8 Å². The third-order valence-corrected chi connectivity index (χ3v) is 8.03. The molecule has 2 aromatic heterocycles. The number of imidazole rings is 1. The molecule has 1 aliphatic rings. The summed E-state index contributed by atoms with van der Waals surface area (Å²) in [5, 5.41) is 6.02. The van der Waals surface area contributed by atoms with Crippen LogP contribution in [0.1, 0.15) is 42.1 Å². The highest BCUT2D eigenvalue weighted by atomic mass is 19.3. The van der Waals surface area contributed by atoms with Crippen molar-refractivity contribution in [1.82, 2.24) is 29.5 Å². The van der Waals surface area contributed by atoms with Gasteiger partial charge in [0, 0.05) is 68.9 Å². The van der Waals surface area contributed by atoms with Gasteiger partial charge in [-0.2, -0.15) is 8.78 Å². The first kappa shape index (κ1) is 33.3. The van der Waals surface area contributed by atoms with Gasteiger partial charge < -0.3 is 30.9 Å². The Morgan fingerprint density at radius 2 is 1.72 bits per heavy atom. The summed E-state index contributed by atoms with van der Waals surface area (Å²) in [4.78, 5) is 49.7. The smallest absolute Gasteiger partial charge is 0.387 e. The average molecular weight is 649 g/mol. The number of nitrogens with zero attached hydrogens (tertiary/aromatic N) is 5. The van der Waals surface area contributed by atoms with Crippen molar-refractivity contribution in [1.29, 1.82) is 0 Å². The number of piperazine rings is 1. The number of alkyl halides is 2. The van der Waals surface area contributed by atoms with Gasteiger partial charge in [0.2, 0.25) is 11.8 Å². The van der Waals surface area contributed by atoms with E-state index in [1.807, 2.05) is 23.5 Å². The molecular formula is C33H38F2N8O4. The molecule has 1 unspecified atom stereocenters. The second-order valence-electron chi connectivity index (χ2n) is 11.4. The van der Waals surface area contributed by atoms with Crippen LogP contribution in [-0.4, -0.2) is 87.3 Å². The molecule has 5 rings (SSSR count). The summed E-state index contributed by atoms with van der Waals surface area (Å²) in [6.07, 6.45) is 7.10. The van der Waals surface area contributed by atoms with Crippen molar-refractivity contribution < 1.29 is 27.9 Å². The Morgan fingerprint density at radius 3 is 2.40 bits per heavy atom. The first-order valence-corrected chi connectivity index (χ1v) is 15.4. The lowest BCUT2D eigenvalue weighted by molar-refractivity contribution is -0.134. The maximum atomic E-state index is 13.4. The molecule has 0 radical (unpaired) electrons. The van der Waals surface area contributed by atoms with Gasteiger partial charge in [0.05, 0.1) is 17.9 Å². The average Bonchev–Trinajstić information content (AvgIpc) is 3.49. The Kier molecular flexibility index (Phi) is 10.6. The third-order valence-electron chi connectivity index (χ3n) is 8.03. The van der Waals surface area contributed by atoms with Crippen LogP contribution in [0.25, 0.3) is 16.9 Å². The number of ether oxygens (including phenoxy) is 1. The molecule has 0 spiro atoms. The molecule has 3 heterocycles. The standard InChI is InChI=1S/C33H38F2N8O4/c1-21-19-24(40-29-30-39-20-28(43(30)14-13-38-29)23-6-9-25(10-7-23)47-33(34)35)8-11-26(21)31(45)41-15-17-42(18-16-41)32(46)27(36)5-3-4-12-37-22(2)44/h6-11,13-14,19-20,27,33H,3-5,12,15-18,36H2,1-2H3,(H,37,44)(H,38,40). The summed E-state index contributed by atoms with van der Waals surface area (Å²) in [6, 6.07) is 11.2. The number of hydrogen-bond donors (Lipinski definition) is 3. The van der Waals surface area contributed by atoms with Crippen LogP contribution in [0.4, 0.5) is 20.3 Å². The van der Waals surface area contributed by atoms with E-state index in [9.17, 15) is 23.2 Å². The molecule has 0 saturated carbocycles. The fourth-order valence-corrected chi connectivity index (χ4v) is 5.56. The van der Waals surface area contributed by atoms with Gasteiger partial charge >= 0.3 is 6.61 Å². The number of anilines is 2. The summed E-state index contributed by atoms with van der Waals surface area (Å²) < 4.78 is 31.3. The van der Waals surface area contributed by atoms with Crippen LogP contribution in [-0.2, 0) is 9.59 Å². The number of carbonyl (C=O) groups excluding carboxylic acids is 3. The summed E-state index contributed by atoms with van der Waals surface area (Å²) in [7, 11) is 0. The van der Waals surface area contributed by atoms with E-state index < -0.39 is 12.7 Å². The number of amides is 3. The van der Waals surface area contributed by atoms with E-state index in [1.165, 1.54) is 19.1 Å². The molecule has 1 atom stereocenters. The number of carbonyl (C=O) groups is 3. The summed E-state index contributed by atoms with van der Waals surface area (Å²) in [5.74, 6) is 0.271. The predicted octanol–water partition coefficient (Wildman–Crippen LogP) is 3.97. The van der Waals surface area contributed by atoms with Crippen molar-refractivity contribution in [2.75, 3.05) is 38.0 Å². The summed E-state index contributed by atoms with van der Waals surface area (Å²) in [5.41, 5.74) is 10.3. The normalized spacial score (nSPS) is 13.9. The minimum atomic E-state index is -2.89. The highest BCUT2D eigenvalue weighted by molar-refractivity contribution is 5.96. The van der Waals surface area contributed by atoms with Gasteiger partial charge in [-0.05, 0) is 74.2 Å². The van der Waals surface area contributed by atoms with Crippen LogP contribution < -0.4 is 21.1 Å². The number of fused-ring (bicyclic) bond motifs is 1. The highest BCUT2D eigenvalue weighted by Gasteiger charge is 2.28. The lowest BCUT2D eigenvalue weighted by Gasteiger charge is -2.36. The molecule has 14 heteroatoms. The van der Waals surface area contributed by atoms with Gasteiger partial charge in [0.15, 0.2) is 11.5 Å². The zero-order valence-corrected chi connectivity index (χ0v) is 26.3. The largest absolute Gasteiger partial charge is 0.435 e. The Labute approximate surface area is 270 Å². The number of rotatable bonds is 12. The van der Waals surface area contributed by atoms with Crippen molar-refractivity contribution in [3.8, 4) is 17.0 Å². The molecule has 47 heavy (non-hydrogen) atoms. The van der Waals surface area contributed by atoms with Crippen LogP contribution in [0.5, 0.6) is 5.75 Å². The molecule has 3 amide bonds. The molecule has 2 aromatic carbocycles. The van der Waals surface area contributed by atoms with E-state index in [0.717, 1.165) is 35.3 Å². The number of nitrogens with two attached hydrogens (primary N) is 1. The Balaban J connectivity index is 1.18. The van der Waals surface area contributed by atoms with Crippen LogP contribution >= 0.6 is 0 Å². The molecule has 248 valence electrons. The molecule has 1 saturated heterocycles. The second kappa shape index (κ2) is 15.0. The van der Waals surface area contributed by atoms with Crippen LogP contribution in [0, 0.1) is 6.92 Å². The van der Waals surface area contributed by atoms with Gasteiger partial charge in [-0.15, -0.1) is 0 Å². The number of hydrogen-bond acceptors (Lipinski definition) is 8. The van der Waals surface area contributed by atoms with Crippen molar-refractivity contribution in [3.63, 3.8) is 0 Å². The van der Waals surface area contributed by atoms with Crippen LogP contribution in [0.3, 0.4) is 0 Å². The fourth-order valence-electron chi connectivity index (χ4n) is 5.56. The molecular weight excluding hydrogens is 610 g/mol. The maximum Gasteiger partial charge on any atom is 0.387 e. The quantitative estimate of drug-likeness (QED) is 0.196. The molecule has 0 aliphatic carbocycles. The molecule has 4 N–H and O–H groups in total. The first-order valence-electron chi connectivity index (χ1n) is 15.4. The number of benzene rings is 2. The fraction of sp³-hybridized carbons (Fsp3) is 0.364.